The van der Waals surface area contributed by atoms with Crippen molar-refractivity contribution in [3.05, 3.63) is 261 Å². The quantitative estimate of drug-likeness (QED) is 0.148. The summed E-state index contributed by atoms with van der Waals surface area (Å²) >= 11 is 0. The summed E-state index contributed by atoms with van der Waals surface area (Å²) in [6.45, 7) is 0. The van der Waals surface area contributed by atoms with Crippen LogP contribution >= 0.6 is 0 Å². The molecule has 3 nitrogen and oxygen atoms in total. The highest BCUT2D eigenvalue weighted by Gasteiger charge is 2.19. The lowest BCUT2D eigenvalue weighted by Gasteiger charge is -2.26. The topological polar surface area (TPSA) is 13.1 Å². The molecule has 13 rings (SSSR count). The van der Waals surface area contributed by atoms with E-state index in [1.165, 1.54) is 87.8 Å². The lowest BCUT2D eigenvalue weighted by atomic mass is 9.91. The Balaban J connectivity index is 0.916. The summed E-state index contributed by atoms with van der Waals surface area (Å²) in [6, 6.07) is 94.8. The van der Waals surface area contributed by atoms with Gasteiger partial charge in [-0.3, -0.25) is 0 Å². The number of fused-ring (bicyclic) bond motifs is 7. The van der Waals surface area contributed by atoms with Gasteiger partial charge >= 0.3 is 0 Å². The highest BCUT2D eigenvalue weighted by atomic mass is 15.1. The van der Waals surface area contributed by atoms with Crippen LogP contribution in [0.1, 0.15) is 0 Å². The van der Waals surface area contributed by atoms with Crippen molar-refractivity contribution in [3.63, 3.8) is 0 Å². The predicted molar refractivity (Wildman–Crippen MR) is 284 cm³/mol. The molecule has 0 amide bonds. The molecular formula is C64H43N3. The number of anilines is 3. The molecule has 0 fully saturated rings. The van der Waals surface area contributed by atoms with Gasteiger partial charge in [-0.1, -0.05) is 176 Å². The lowest BCUT2D eigenvalue weighted by molar-refractivity contribution is 1.18. The number of hydrogen-bond donors (Lipinski definition) is 0. The van der Waals surface area contributed by atoms with E-state index >= 15 is 0 Å². The molecule has 0 atom stereocenters. The minimum absolute atomic E-state index is 1.08. The van der Waals surface area contributed by atoms with Gasteiger partial charge in [-0.15, -0.1) is 0 Å². The Hall–Kier alpha value is -8.92. The average molecular weight is 854 g/mol. The maximum atomic E-state index is 2.39. The molecule has 3 heteroatoms. The first-order chi connectivity index (χ1) is 33.2. The first-order valence-electron chi connectivity index (χ1n) is 23.0. The zero-order chi connectivity index (χ0) is 44.3. The second-order valence-corrected chi connectivity index (χ2v) is 17.3. The predicted octanol–water partition coefficient (Wildman–Crippen LogP) is 17.5. The van der Waals surface area contributed by atoms with E-state index in [9.17, 15) is 0 Å². The summed E-state index contributed by atoms with van der Waals surface area (Å²) in [5.74, 6) is 0. The van der Waals surface area contributed by atoms with Gasteiger partial charge in [-0.2, -0.15) is 0 Å². The van der Waals surface area contributed by atoms with E-state index in [-0.39, 0.29) is 0 Å². The molecule has 0 N–H and O–H groups in total. The van der Waals surface area contributed by atoms with Crippen molar-refractivity contribution in [2.75, 3.05) is 4.90 Å². The van der Waals surface area contributed by atoms with Gasteiger partial charge in [-0.05, 0) is 129 Å². The summed E-state index contributed by atoms with van der Waals surface area (Å²) in [7, 11) is 0. The zero-order valence-corrected chi connectivity index (χ0v) is 36.7. The van der Waals surface area contributed by atoms with E-state index < -0.39 is 0 Å². The third-order valence-electron chi connectivity index (χ3n) is 13.5. The molecule has 0 spiro atoms. The Morgan fingerprint density at radius 2 is 0.657 bits per heavy atom. The molecule has 0 aliphatic rings. The molecule has 0 radical (unpaired) electrons. The van der Waals surface area contributed by atoms with E-state index in [0.717, 1.165) is 28.4 Å². The number of hydrogen-bond acceptors (Lipinski definition) is 1. The van der Waals surface area contributed by atoms with E-state index in [1.54, 1.807) is 0 Å². The van der Waals surface area contributed by atoms with Crippen LogP contribution < -0.4 is 4.90 Å². The van der Waals surface area contributed by atoms with Crippen molar-refractivity contribution in [2.24, 2.45) is 0 Å². The minimum Gasteiger partial charge on any atom is -0.310 e. The molecule has 0 saturated carbocycles. The Kier molecular flexibility index (Phi) is 9.17. The van der Waals surface area contributed by atoms with Crippen molar-refractivity contribution in [1.82, 2.24) is 9.13 Å². The molecule has 0 unspecified atom stereocenters. The molecule has 0 bridgehead atoms. The number of para-hydroxylation sites is 4. The molecule has 2 heterocycles. The third-order valence-corrected chi connectivity index (χ3v) is 13.5. The maximum absolute atomic E-state index is 2.39. The standard InChI is InChI=1S/C64H43N3/c1-3-15-46(16-4-1)54-24-13-17-48-18-14-25-55(64(48)54)47-33-39-51(40-34-47)65(53-41-42-63-59(43-53)58-23-9-12-28-62(58)66(63)49-19-5-2-6-20-49)50-35-29-44(30-36-50)45-31-37-52(38-32-45)67-60-26-10-7-21-56(60)57-22-8-11-27-61(57)67/h1-43H. The molecule has 314 valence electrons. The lowest BCUT2D eigenvalue weighted by Crippen LogP contribution is -2.10. The fourth-order valence-electron chi connectivity index (χ4n) is 10.4. The fourth-order valence-corrected chi connectivity index (χ4v) is 10.4. The normalized spacial score (nSPS) is 11.6. The van der Waals surface area contributed by atoms with Crippen LogP contribution in [0, 0.1) is 0 Å². The summed E-state index contributed by atoms with van der Waals surface area (Å²) < 4.78 is 4.75. The van der Waals surface area contributed by atoms with Crippen LogP contribution in [0.3, 0.4) is 0 Å². The van der Waals surface area contributed by atoms with Crippen molar-refractivity contribution in [1.29, 1.82) is 0 Å². The third kappa shape index (κ3) is 6.51. The summed E-state index contributed by atoms with van der Waals surface area (Å²) in [5.41, 5.74) is 17.6. The first kappa shape index (κ1) is 38.5. The molecule has 0 saturated heterocycles. The van der Waals surface area contributed by atoms with Crippen LogP contribution in [0.15, 0.2) is 261 Å². The number of benzene rings is 11. The van der Waals surface area contributed by atoms with Gasteiger partial charge < -0.3 is 14.0 Å². The average Bonchev–Trinajstić information content (AvgIpc) is 3.92. The number of nitrogens with zero attached hydrogens (tertiary/aromatic N) is 3. The largest absolute Gasteiger partial charge is 0.310 e. The van der Waals surface area contributed by atoms with Crippen LogP contribution in [0.5, 0.6) is 0 Å². The zero-order valence-electron chi connectivity index (χ0n) is 36.7. The monoisotopic (exact) mass is 853 g/mol. The highest BCUT2D eigenvalue weighted by molar-refractivity contribution is 6.12. The minimum atomic E-state index is 1.08. The summed E-state index contributed by atoms with van der Waals surface area (Å²) in [6.07, 6.45) is 0. The van der Waals surface area contributed by atoms with Gasteiger partial charge in [0.05, 0.1) is 22.1 Å². The van der Waals surface area contributed by atoms with Crippen LogP contribution in [-0.2, 0) is 0 Å². The summed E-state index contributed by atoms with van der Waals surface area (Å²) in [5, 5.41) is 7.47. The molecule has 67 heavy (non-hydrogen) atoms. The van der Waals surface area contributed by atoms with Crippen molar-refractivity contribution in [3.8, 4) is 44.8 Å². The van der Waals surface area contributed by atoms with Crippen LogP contribution in [0.2, 0.25) is 0 Å². The van der Waals surface area contributed by atoms with Gasteiger partial charge in [0.2, 0.25) is 0 Å². The maximum Gasteiger partial charge on any atom is 0.0542 e. The molecular weight excluding hydrogens is 811 g/mol. The van der Waals surface area contributed by atoms with Crippen LogP contribution in [-0.4, -0.2) is 9.13 Å². The van der Waals surface area contributed by atoms with Crippen molar-refractivity contribution in [2.45, 2.75) is 0 Å². The van der Waals surface area contributed by atoms with E-state index in [2.05, 4.69) is 275 Å². The van der Waals surface area contributed by atoms with Gasteiger partial charge in [0.15, 0.2) is 0 Å². The number of aromatic nitrogens is 2. The van der Waals surface area contributed by atoms with Gasteiger partial charge in [0, 0.05) is 50.0 Å². The molecule has 13 aromatic rings. The van der Waals surface area contributed by atoms with Crippen molar-refractivity contribution < 1.29 is 0 Å². The van der Waals surface area contributed by atoms with Crippen molar-refractivity contribution >= 4 is 71.4 Å². The molecule has 11 aromatic carbocycles. The highest BCUT2D eigenvalue weighted by Crippen LogP contribution is 2.43. The van der Waals surface area contributed by atoms with E-state index in [4.69, 9.17) is 0 Å². The number of rotatable bonds is 8. The Morgan fingerprint density at radius 3 is 1.21 bits per heavy atom. The van der Waals surface area contributed by atoms with Gasteiger partial charge in [0.25, 0.3) is 0 Å². The molecule has 2 aromatic heterocycles. The SMILES string of the molecule is c1ccc(-c2cccc3cccc(-c4ccc(N(c5ccc(-c6ccc(-n7c8ccccc8c8ccccc87)cc6)cc5)c5ccc6c(c5)c5ccccc5n6-c5ccccc5)cc4)c23)cc1. The first-order valence-corrected chi connectivity index (χ1v) is 23.0. The molecule has 0 aliphatic heterocycles. The second kappa shape index (κ2) is 16.0. The smallest absolute Gasteiger partial charge is 0.0542 e. The Labute approximate surface area is 389 Å². The fraction of sp³-hybridized carbons (Fsp3) is 0. The van der Waals surface area contributed by atoms with Crippen LogP contribution in [0.25, 0.3) is 99.1 Å². The van der Waals surface area contributed by atoms with Gasteiger partial charge in [-0.25, -0.2) is 0 Å². The van der Waals surface area contributed by atoms with Crippen LogP contribution in [0.4, 0.5) is 17.1 Å². The Bertz CT molecular complexity index is 3880. The second-order valence-electron chi connectivity index (χ2n) is 17.3. The van der Waals surface area contributed by atoms with E-state index in [1.807, 2.05) is 0 Å². The Morgan fingerprint density at radius 1 is 0.254 bits per heavy atom. The summed E-state index contributed by atoms with van der Waals surface area (Å²) in [4.78, 5) is 2.39. The molecule has 0 aliphatic carbocycles. The van der Waals surface area contributed by atoms with E-state index in [0.29, 0.717) is 0 Å². The van der Waals surface area contributed by atoms with Gasteiger partial charge in [0.1, 0.15) is 0 Å².